The van der Waals surface area contributed by atoms with Crippen LogP contribution in [0.5, 0.6) is 0 Å². The fourth-order valence-corrected chi connectivity index (χ4v) is 1.15. The lowest BCUT2D eigenvalue weighted by atomic mass is 10.1. The molecule has 18 heavy (non-hydrogen) atoms. The average Bonchev–Trinajstić information content (AvgIpc) is 2.39. The van der Waals surface area contributed by atoms with Gasteiger partial charge in [-0.15, -0.1) is 0 Å². The summed E-state index contributed by atoms with van der Waals surface area (Å²) in [5.41, 5.74) is 5.56. The van der Waals surface area contributed by atoms with Gasteiger partial charge in [-0.3, -0.25) is 14.4 Å². The van der Waals surface area contributed by atoms with Crippen molar-refractivity contribution >= 4 is 17.3 Å². The van der Waals surface area contributed by atoms with Crippen LogP contribution in [0.15, 0.2) is 23.5 Å². The molecule has 0 radical (unpaired) electrons. The van der Waals surface area contributed by atoms with Gasteiger partial charge in [0.15, 0.2) is 17.3 Å². The fraction of sp³-hybridized carbons (Fsp3) is 0.462. The van der Waals surface area contributed by atoms with Gasteiger partial charge in [0.1, 0.15) is 5.78 Å². The summed E-state index contributed by atoms with van der Waals surface area (Å²) >= 11 is 0. The molecule has 0 heterocycles. The first-order valence-electron chi connectivity index (χ1n) is 5.78. The minimum absolute atomic E-state index is 0.0177. The van der Waals surface area contributed by atoms with Gasteiger partial charge in [0.2, 0.25) is 0 Å². The van der Waals surface area contributed by atoms with Crippen molar-refractivity contribution < 1.29 is 19.5 Å². The molecule has 0 aromatic carbocycles. The Kier molecular flexibility index (Phi) is 7.54. The van der Waals surface area contributed by atoms with Crippen molar-refractivity contribution in [3.63, 3.8) is 0 Å². The molecule has 0 aliphatic rings. The van der Waals surface area contributed by atoms with Crippen molar-refractivity contribution in [1.29, 1.82) is 0 Å². The Labute approximate surface area is 106 Å². The van der Waals surface area contributed by atoms with Crippen LogP contribution in [0.1, 0.15) is 33.1 Å². The van der Waals surface area contributed by atoms with Crippen LogP contribution in [0.2, 0.25) is 0 Å². The zero-order chi connectivity index (χ0) is 14.1. The van der Waals surface area contributed by atoms with Crippen LogP contribution in [0.3, 0.4) is 0 Å². The zero-order valence-electron chi connectivity index (χ0n) is 10.7. The van der Waals surface area contributed by atoms with Crippen LogP contribution in [-0.2, 0) is 14.4 Å². The molecule has 0 amide bonds. The SMILES string of the molecule is CCC(=O)/C(C)=C/C=C(\O)C(=O)CCC(=O)CN. The first-order chi connectivity index (χ1) is 8.42. The first-order valence-corrected chi connectivity index (χ1v) is 5.78. The van der Waals surface area contributed by atoms with E-state index in [0.717, 1.165) is 0 Å². The molecule has 0 saturated heterocycles. The number of rotatable bonds is 8. The topological polar surface area (TPSA) is 97.5 Å². The highest BCUT2D eigenvalue weighted by Crippen LogP contribution is 2.04. The maximum absolute atomic E-state index is 11.4. The standard InChI is InChI=1S/C13H19NO4/c1-3-11(16)9(2)4-6-12(17)13(18)7-5-10(15)8-14/h4,6,17H,3,5,7-8,14H2,1-2H3/b9-4+,12-6-. The van der Waals surface area contributed by atoms with Crippen LogP contribution >= 0.6 is 0 Å². The predicted octanol–water partition coefficient (Wildman–Crippen LogP) is 1.23. The molecule has 0 bridgehead atoms. The number of aliphatic hydroxyl groups excluding tert-OH is 1. The number of hydrogen-bond donors (Lipinski definition) is 2. The van der Waals surface area contributed by atoms with Crippen LogP contribution in [0.4, 0.5) is 0 Å². The van der Waals surface area contributed by atoms with E-state index < -0.39 is 11.5 Å². The summed E-state index contributed by atoms with van der Waals surface area (Å²) < 4.78 is 0. The van der Waals surface area contributed by atoms with E-state index in [9.17, 15) is 19.5 Å². The summed E-state index contributed by atoms with van der Waals surface area (Å²) in [6, 6.07) is 0. The molecular weight excluding hydrogens is 234 g/mol. The Morgan fingerprint density at radius 2 is 1.72 bits per heavy atom. The van der Waals surface area contributed by atoms with Crippen LogP contribution < -0.4 is 5.73 Å². The number of nitrogens with two attached hydrogens (primary N) is 1. The molecular formula is C13H19NO4. The van der Waals surface area contributed by atoms with E-state index in [4.69, 9.17) is 5.73 Å². The lowest BCUT2D eigenvalue weighted by Crippen LogP contribution is -2.15. The molecule has 5 nitrogen and oxygen atoms in total. The second-order valence-electron chi connectivity index (χ2n) is 3.84. The molecule has 0 spiro atoms. The van der Waals surface area contributed by atoms with Crippen LogP contribution in [0.25, 0.3) is 0 Å². The Balaban J connectivity index is 4.46. The smallest absolute Gasteiger partial charge is 0.197 e. The number of ketones is 3. The second kappa shape index (κ2) is 8.36. The summed E-state index contributed by atoms with van der Waals surface area (Å²) in [7, 11) is 0. The number of carbonyl (C=O) groups excluding carboxylic acids is 3. The zero-order valence-corrected chi connectivity index (χ0v) is 10.7. The summed E-state index contributed by atoms with van der Waals surface area (Å²) in [4.78, 5) is 33.5. The summed E-state index contributed by atoms with van der Waals surface area (Å²) in [5.74, 6) is -1.28. The van der Waals surface area contributed by atoms with Gasteiger partial charge in [-0.2, -0.15) is 0 Å². The van der Waals surface area contributed by atoms with E-state index in [-0.39, 0.29) is 31.0 Å². The number of Topliss-reactive ketones (excluding diaryl/α,β-unsaturated/α-hetero) is 3. The van der Waals surface area contributed by atoms with E-state index in [1.165, 1.54) is 12.2 Å². The van der Waals surface area contributed by atoms with E-state index in [1.54, 1.807) is 13.8 Å². The Bertz CT molecular complexity index is 394. The average molecular weight is 253 g/mol. The van der Waals surface area contributed by atoms with Crippen LogP contribution in [0, 0.1) is 0 Å². The number of hydrogen-bond acceptors (Lipinski definition) is 5. The van der Waals surface area contributed by atoms with Crippen LogP contribution in [-0.4, -0.2) is 29.0 Å². The minimum Gasteiger partial charge on any atom is -0.504 e. The summed E-state index contributed by atoms with van der Waals surface area (Å²) in [6.07, 6.45) is 2.88. The van der Waals surface area contributed by atoms with E-state index in [1.807, 2.05) is 0 Å². The van der Waals surface area contributed by atoms with Gasteiger partial charge in [0, 0.05) is 19.3 Å². The minimum atomic E-state index is -0.537. The molecule has 0 aromatic rings. The van der Waals surface area contributed by atoms with Gasteiger partial charge in [0.05, 0.1) is 6.54 Å². The van der Waals surface area contributed by atoms with Crippen molar-refractivity contribution in [1.82, 2.24) is 0 Å². The highest BCUT2D eigenvalue weighted by Gasteiger charge is 2.09. The predicted molar refractivity (Wildman–Crippen MR) is 68.1 cm³/mol. The van der Waals surface area contributed by atoms with Gasteiger partial charge in [-0.05, 0) is 18.6 Å². The second-order valence-corrected chi connectivity index (χ2v) is 3.84. The molecule has 0 aliphatic heterocycles. The molecule has 0 aliphatic carbocycles. The van der Waals surface area contributed by atoms with Gasteiger partial charge >= 0.3 is 0 Å². The molecule has 100 valence electrons. The van der Waals surface area contributed by atoms with Crippen molar-refractivity contribution in [2.24, 2.45) is 5.73 Å². The third-order valence-electron chi connectivity index (χ3n) is 2.40. The monoisotopic (exact) mass is 253 g/mol. The fourth-order valence-electron chi connectivity index (χ4n) is 1.15. The van der Waals surface area contributed by atoms with Gasteiger partial charge in [0.25, 0.3) is 0 Å². The molecule has 5 heteroatoms. The third kappa shape index (κ3) is 6.10. The molecule has 0 rings (SSSR count). The number of carbonyl (C=O) groups is 3. The highest BCUT2D eigenvalue weighted by atomic mass is 16.3. The molecule has 0 unspecified atom stereocenters. The van der Waals surface area contributed by atoms with E-state index >= 15 is 0 Å². The number of aliphatic hydroxyl groups is 1. The molecule has 0 saturated carbocycles. The normalized spacial score (nSPS) is 12.4. The third-order valence-corrected chi connectivity index (χ3v) is 2.40. The maximum atomic E-state index is 11.4. The lowest BCUT2D eigenvalue weighted by Gasteiger charge is -1.99. The van der Waals surface area contributed by atoms with Crippen molar-refractivity contribution in [3.05, 3.63) is 23.5 Å². The van der Waals surface area contributed by atoms with Gasteiger partial charge < -0.3 is 10.8 Å². The molecule has 0 fully saturated rings. The van der Waals surface area contributed by atoms with E-state index in [0.29, 0.717) is 12.0 Å². The summed E-state index contributed by atoms with van der Waals surface area (Å²) in [5, 5.41) is 9.42. The Morgan fingerprint density at radius 3 is 2.22 bits per heavy atom. The van der Waals surface area contributed by atoms with Crippen molar-refractivity contribution in [2.45, 2.75) is 33.1 Å². The van der Waals surface area contributed by atoms with Gasteiger partial charge in [-0.25, -0.2) is 0 Å². The Hall–Kier alpha value is -1.75. The maximum Gasteiger partial charge on any atom is 0.197 e. The van der Waals surface area contributed by atoms with E-state index in [2.05, 4.69) is 0 Å². The quantitative estimate of drug-likeness (QED) is 0.385. The first kappa shape index (κ1) is 16.2. The molecule has 3 N–H and O–H groups in total. The van der Waals surface area contributed by atoms with Gasteiger partial charge in [-0.1, -0.05) is 13.0 Å². The molecule has 0 aromatic heterocycles. The lowest BCUT2D eigenvalue weighted by molar-refractivity contribution is -0.122. The highest BCUT2D eigenvalue weighted by molar-refractivity contribution is 5.97. The molecule has 0 atom stereocenters. The largest absolute Gasteiger partial charge is 0.504 e. The van der Waals surface area contributed by atoms with Crippen molar-refractivity contribution in [2.75, 3.05) is 6.54 Å². The Morgan fingerprint density at radius 1 is 1.11 bits per heavy atom. The summed E-state index contributed by atoms with van der Waals surface area (Å²) in [6.45, 7) is 3.23. The van der Waals surface area contributed by atoms with Crippen molar-refractivity contribution in [3.8, 4) is 0 Å². The number of allylic oxidation sites excluding steroid dienone is 4.